The molecule has 2 atom stereocenters. The van der Waals surface area contributed by atoms with E-state index in [-0.39, 0.29) is 0 Å². The molecule has 0 fully saturated rings. The van der Waals surface area contributed by atoms with Gasteiger partial charge in [0.2, 0.25) is 0 Å². The van der Waals surface area contributed by atoms with E-state index < -0.39 is 0 Å². The molecular formula is C56H84N2. The second kappa shape index (κ2) is 29.7. The summed E-state index contributed by atoms with van der Waals surface area (Å²) in [7, 11) is 0. The van der Waals surface area contributed by atoms with E-state index in [2.05, 4.69) is 111 Å². The highest BCUT2D eigenvalue weighted by atomic mass is 14.5. The molecule has 2 nitrogen and oxygen atoms in total. The van der Waals surface area contributed by atoms with E-state index in [1.54, 1.807) is 0 Å². The Labute approximate surface area is 357 Å². The van der Waals surface area contributed by atoms with Crippen LogP contribution in [0.3, 0.4) is 0 Å². The lowest BCUT2D eigenvalue weighted by Gasteiger charge is -2.19. The van der Waals surface area contributed by atoms with Gasteiger partial charge in [0.25, 0.3) is 0 Å². The van der Waals surface area contributed by atoms with Gasteiger partial charge in [-0.3, -0.25) is 0 Å². The predicted octanol–water partition coefficient (Wildman–Crippen LogP) is 17.1. The van der Waals surface area contributed by atoms with Crippen molar-refractivity contribution in [2.24, 2.45) is 0 Å². The van der Waals surface area contributed by atoms with Crippen LogP contribution in [0.5, 0.6) is 0 Å². The number of hydrogen-bond acceptors (Lipinski definition) is 2. The van der Waals surface area contributed by atoms with Gasteiger partial charge in [0.15, 0.2) is 0 Å². The number of aryl methyl sites for hydroxylation is 2. The monoisotopic (exact) mass is 785 g/mol. The van der Waals surface area contributed by atoms with Crippen molar-refractivity contribution in [1.82, 2.24) is 0 Å². The lowest BCUT2D eigenvalue weighted by molar-refractivity contribution is 0.545. The summed E-state index contributed by atoms with van der Waals surface area (Å²) in [4.78, 5) is 0. The molecular weight excluding hydrogens is 701 g/mol. The normalized spacial score (nSPS) is 12.5. The smallest absolute Gasteiger partial charge is 0.0314 e. The Kier molecular flexibility index (Phi) is 24.1. The first kappa shape index (κ1) is 47.2. The highest BCUT2D eigenvalue weighted by molar-refractivity contribution is 5.44. The molecule has 0 saturated heterocycles. The Morgan fingerprint density at radius 1 is 0.293 bits per heavy atom. The minimum absolute atomic E-state index is 0.456. The SMILES string of the molecule is CCCCCCCCCCCC(c1ccc(N)cc1)c1ccc(CCCCCCCCc2ccc(C(CCCCCCCCCCC)c3ccc(N)cc3)cc2)cc1. The Balaban J connectivity index is 1.12. The van der Waals surface area contributed by atoms with Crippen LogP contribution in [0, 0.1) is 0 Å². The second-order valence-corrected chi connectivity index (χ2v) is 17.8. The van der Waals surface area contributed by atoms with Crippen LogP contribution in [-0.2, 0) is 12.8 Å². The summed E-state index contributed by atoms with van der Waals surface area (Å²) >= 11 is 0. The third-order valence-corrected chi connectivity index (χ3v) is 12.8. The maximum absolute atomic E-state index is 6.06. The quantitative estimate of drug-likeness (QED) is 0.0373. The number of benzene rings is 4. The fraction of sp³-hybridized carbons (Fsp3) is 0.571. The summed E-state index contributed by atoms with van der Waals surface area (Å²) in [5.41, 5.74) is 22.5. The minimum Gasteiger partial charge on any atom is -0.399 e. The van der Waals surface area contributed by atoms with Crippen LogP contribution in [-0.4, -0.2) is 0 Å². The Bertz CT molecular complexity index is 1430. The summed E-state index contributed by atoms with van der Waals surface area (Å²) in [5, 5.41) is 0. The number of anilines is 2. The molecule has 2 unspecified atom stereocenters. The highest BCUT2D eigenvalue weighted by Crippen LogP contribution is 2.33. The largest absolute Gasteiger partial charge is 0.399 e. The first-order valence-corrected chi connectivity index (χ1v) is 24.5. The Morgan fingerprint density at radius 3 is 0.828 bits per heavy atom. The molecule has 0 aliphatic rings. The average molecular weight is 785 g/mol. The molecule has 4 aromatic rings. The summed E-state index contributed by atoms with van der Waals surface area (Å²) in [6, 6.07) is 36.5. The molecule has 0 saturated carbocycles. The zero-order chi connectivity index (χ0) is 40.9. The number of unbranched alkanes of at least 4 members (excludes halogenated alkanes) is 21. The molecule has 4 rings (SSSR count). The fourth-order valence-corrected chi connectivity index (χ4v) is 9.03. The summed E-state index contributed by atoms with van der Waals surface area (Å²) in [6.07, 6.45) is 37.5. The third kappa shape index (κ3) is 19.0. The van der Waals surface area contributed by atoms with E-state index in [1.807, 2.05) is 0 Å². The lowest BCUT2D eigenvalue weighted by Crippen LogP contribution is -2.02. The summed E-state index contributed by atoms with van der Waals surface area (Å²) in [6.45, 7) is 4.60. The maximum Gasteiger partial charge on any atom is 0.0314 e. The molecule has 318 valence electrons. The molecule has 0 aliphatic carbocycles. The van der Waals surface area contributed by atoms with E-state index in [0.717, 1.165) is 11.4 Å². The number of nitrogen functional groups attached to an aromatic ring is 2. The topological polar surface area (TPSA) is 52.0 Å². The van der Waals surface area contributed by atoms with Gasteiger partial charge in [-0.2, -0.15) is 0 Å². The number of rotatable bonds is 33. The van der Waals surface area contributed by atoms with Gasteiger partial charge in [0, 0.05) is 23.2 Å². The van der Waals surface area contributed by atoms with Crippen LogP contribution >= 0.6 is 0 Å². The second-order valence-electron chi connectivity index (χ2n) is 17.8. The first-order valence-electron chi connectivity index (χ1n) is 24.5. The first-order chi connectivity index (χ1) is 28.6. The molecule has 0 heterocycles. The van der Waals surface area contributed by atoms with Crippen molar-refractivity contribution in [3.8, 4) is 0 Å². The van der Waals surface area contributed by atoms with Crippen molar-refractivity contribution in [2.45, 2.75) is 205 Å². The van der Waals surface area contributed by atoms with Crippen LogP contribution in [0.1, 0.15) is 226 Å². The molecule has 4 N–H and O–H groups in total. The van der Waals surface area contributed by atoms with E-state index in [1.165, 1.54) is 213 Å². The molecule has 0 aliphatic heterocycles. The van der Waals surface area contributed by atoms with Gasteiger partial charge in [-0.1, -0.05) is 228 Å². The summed E-state index contributed by atoms with van der Waals surface area (Å²) < 4.78 is 0. The van der Waals surface area contributed by atoms with Gasteiger partial charge < -0.3 is 11.5 Å². The van der Waals surface area contributed by atoms with E-state index in [4.69, 9.17) is 11.5 Å². The van der Waals surface area contributed by atoms with Crippen LogP contribution in [0.25, 0.3) is 0 Å². The minimum atomic E-state index is 0.456. The van der Waals surface area contributed by atoms with Crippen LogP contribution < -0.4 is 11.5 Å². The van der Waals surface area contributed by atoms with Gasteiger partial charge in [-0.25, -0.2) is 0 Å². The molecule has 0 bridgehead atoms. The molecule has 2 heteroatoms. The van der Waals surface area contributed by atoms with Crippen molar-refractivity contribution >= 4 is 11.4 Å². The predicted molar refractivity (Wildman–Crippen MR) is 257 cm³/mol. The van der Waals surface area contributed by atoms with Gasteiger partial charge in [-0.05, 0) is 96.2 Å². The molecule has 4 aromatic carbocycles. The molecule has 0 radical (unpaired) electrons. The highest BCUT2D eigenvalue weighted by Gasteiger charge is 2.16. The van der Waals surface area contributed by atoms with Crippen molar-refractivity contribution in [1.29, 1.82) is 0 Å². The molecule has 0 amide bonds. The molecule has 0 aromatic heterocycles. The summed E-state index contributed by atoms with van der Waals surface area (Å²) in [5.74, 6) is 0.913. The van der Waals surface area contributed by atoms with E-state index in [9.17, 15) is 0 Å². The van der Waals surface area contributed by atoms with Crippen molar-refractivity contribution < 1.29 is 0 Å². The van der Waals surface area contributed by atoms with E-state index >= 15 is 0 Å². The van der Waals surface area contributed by atoms with Crippen LogP contribution in [0.15, 0.2) is 97.1 Å². The number of nitrogens with two attached hydrogens (primary N) is 2. The Hall–Kier alpha value is -3.52. The zero-order valence-corrected chi connectivity index (χ0v) is 37.3. The lowest BCUT2D eigenvalue weighted by atomic mass is 9.86. The Morgan fingerprint density at radius 2 is 0.534 bits per heavy atom. The average Bonchev–Trinajstić information content (AvgIpc) is 3.25. The molecule has 58 heavy (non-hydrogen) atoms. The third-order valence-electron chi connectivity index (χ3n) is 12.8. The van der Waals surface area contributed by atoms with Crippen LogP contribution in [0.4, 0.5) is 11.4 Å². The van der Waals surface area contributed by atoms with Crippen LogP contribution in [0.2, 0.25) is 0 Å². The van der Waals surface area contributed by atoms with Gasteiger partial charge in [0.05, 0.1) is 0 Å². The maximum atomic E-state index is 6.06. The van der Waals surface area contributed by atoms with Gasteiger partial charge in [-0.15, -0.1) is 0 Å². The number of hydrogen-bond donors (Lipinski definition) is 2. The van der Waals surface area contributed by atoms with Gasteiger partial charge in [0.1, 0.15) is 0 Å². The van der Waals surface area contributed by atoms with Crippen molar-refractivity contribution in [3.05, 3.63) is 130 Å². The standard InChI is InChI=1S/C56H84N2/c1-3-5-7-9-11-13-15-21-25-29-55(51-39-43-53(57)44-40-51)49-35-31-47(32-36-49)27-23-19-17-18-20-24-28-48-33-37-50(38-34-48)56(52-41-45-54(58)46-42-52)30-26-22-16-14-12-10-8-6-4-2/h31-46,55-56H,3-30,57-58H2,1-2H3. The van der Waals surface area contributed by atoms with E-state index in [0.29, 0.717) is 11.8 Å². The fourth-order valence-electron chi connectivity index (χ4n) is 9.03. The van der Waals surface area contributed by atoms with Gasteiger partial charge >= 0.3 is 0 Å². The zero-order valence-electron chi connectivity index (χ0n) is 37.3. The molecule has 0 spiro atoms. The van der Waals surface area contributed by atoms with Crippen molar-refractivity contribution in [2.75, 3.05) is 11.5 Å². The van der Waals surface area contributed by atoms with Crippen molar-refractivity contribution in [3.63, 3.8) is 0 Å².